The lowest BCUT2D eigenvalue weighted by molar-refractivity contribution is -0.122. The summed E-state index contributed by atoms with van der Waals surface area (Å²) in [5.41, 5.74) is 6.45. The summed E-state index contributed by atoms with van der Waals surface area (Å²) in [6.07, 6.45) is 11.8. The van der Waals surface area contributed by atoms with Gasteiger partial charge in [-0.3, -0.25) is 9.59 Å². The van der Waals surface area contributed by atoms with Crippen LogP contribution in [0.3, 0.4) is 0 Å². The van der Waals surface area contributed by atoms with Crippen molar-refractivity contribution in [2.75, 3.05) is 14.2 Å². The number of benzene rings is 2. The van der Waals surface area contributed by atoms with Gasteiger partial charge in [0.15, 0.2) is 23.0 Å². The van der Waals surface area contributed by atoms with E-state index >= 15 is 0 Å². The molecular weight excluding hydrogens is 488 g/mol. The van der Waals surface area contributed by atoms with Crippen molar-refractivity contribution in [1.29, 1.82) is 0 Å². The molecule has 0 atom stereocenters. The number of carbonyl (C=O) groups is 2. The number of nitrogens with zero attached hydrogens (tertiary/aromatic N) is 2. The minimum absolute atomic E-state index is 0.0488. The smallest absolute Gasteiger partial charge is 0.240 e. The van der Waals surface area contributed by atoms with Crippen molar-refractivity contribution in [3.63, 3.8) is 0 Å². The summed E-state index contributed by atoms with van der Waals surface area (Å²) in [5.74, 6) is 0.538. The number of unbranched alkanes of at least 4 members (excludes halogenated alkanes) is 7. The molecule has 0 aromatic heterocycles. The SMILES string of the molecule is COc1cc(/C=N\NC(=O)CCCCCCCCCCC(=O)N/N=C\c2ccc(O)c(OC)c2)ccc1O. The summed E-state index contributed by atoms with van der Waals surface area (Å²) in [6.45, 7) is 0. The molecule has 2 rings (SSSR count). The van der Waals surface area contributed by atoms with E-state index in [9.17, 15) is 19.8 Å². The van der Waals surface area contributed by atoms with Crippen LogP contribution in [0.1, 0.15) is 75.3 Å². The van der Waals surface area contributed by atoms with E-state index < -0.39 is 0 Å². The minimum atomic E-state index is -0.127. The quantitative estimate of drug-likeness (QED) is 0.135. The maximum atomic E-state index is 11.9. The van der Waals surface area contributed by atoms with Gasteiger partial charge < -0.3 is 19.7 Å². The first-order chi connectivity index (χ1) is 18.4. The van der Waals surface area contributed by atoms with Gasteiger partial charge in [0.05, 0.1) is 26.6 Å². The van der Waals surface area contributed by atoms with E-state index in [0.29, 0.717) is 35.5 Å². The average molecular weight is 527 g/mol. The average Bonchev–Trinajstić information content (AvgIpc) is 2.91. The Labute approximate surface area is 223 Å². The maximum Gasteiger partial charge on any atom is 0.240 e. The molecule has 0 fully saturated rings. The van der Waals surface area contributed by atoms with Crippen LogP contribution in [0.2, 0.25) is 0 Å². The molecule has 2 aromatic carbocycles. The van der Waals surface area contributed by atoms with Crippen LogP contribution in [-0.2, 0) is 9.59 Å². The highest BCUT2D eigenvalue weighted by Crippen LogP contribution is 2.26. The largest absolute Gasteiger partial charge is 0.504 e. The van der Waals surface area contributed by atoms with Gasteiger partial charge in [-0.05, 0) is 60.4 Å². The first-order valence-electron chi connectivity index (χ1n) is 12.8. The lowest BCUT2D eigenvalue weighted by Crippen LogP contribution is -2.16. The molecule has 0 aliphatic rings. The van der Waals surface area contributed by atoms with Gasteiger partial charge in [-0.15, -0.1) is 0 Å². The molecule has 0 bridgehead atoms. The molecule has 10 nitrogen and oxygen atoms in total. The van der Waals surface area contributed by atoms with Gasteiger partial charge in [0, 0.05) is 12.8 Å². The standard InChI is InChI=1S/C28H38N4O6/c1-37-25-17-21(13-15-23(25)33)19-29-31-27(35)11-9-7-5-3-4-6-8-10-12-28(36)32-30-20-22-14-16-24(34)26(18-22)38-2/h13-20,33-34H,3-12H2,1-2H3,(H,31,35)(H,32,36)/b29-19-,30-20-. The molecule has 4 N–H and O–H groups in total. The van der Waals surface area contributed by atoms with Gasteiger partial charge >= 0.3 is 0 Å². The predicted molar refractivity (Wildman–Crippen MR) is 147 cm³/mol. The number of phenolic OH excluding ortho intramolecular Hbond substituents is 2. The third-order valence-electron chi connectivity index (χ3n) is 5.77. The Balaban J connectivity index is 1.44. The van der Waals surface area contributed by atoms with Crippen LogP contribution >= 0.6 is 0 Å². The monoisotopic (exact) mass is 526 g/mol. The Morgan fingerprint density at radius 1 is 0.684 bits per heavy atom. The van der Waals surface area contributed by atoms with E-state index in [0.717, 1.165) is 51.4 Å². The zero-order valence-electron chi connectivity index (χ0n) is 22.1. The highest BCUT2D eigenvalue weighted by Gasteiger charge is 2.04. The Bertz CT molecular complexity index is 1000. The van der Waals surface area contributed by atoms with Gasteiger partial charge in [-0.25, -0.2) is 10.9 Å². The van der Waals surface area contributed by atoms with Crippen molar-refractivity contribution in [3.05, 3.63) is 47.5 Å². The number of hydrazone groups is 2. The van der Waals surface area contributed by atoms with Crippen LogP contribution < -0.4 is 20.3 Å². The third-order valence-corrected chi connectivity index (χ3v) is 5.77. The molecule has 0 aliphatic carbocycles. The fraction of sp³-hybridized carbons (Fsp3) is 0.429. The minimum Gasteiger partial charge on any atom is -0.504 e. The third kappa shape index (κ3) is 11.8. The van der Waals surface area contributed by atoms with Crippen LogP contribution in [0.15, 0.2) is 46.6 Å². The predicted octanol–water partition coefficient (Wildman–Crippen LogP) is 4.62. The highest BCUT2D eigenvalue weighted by atomic mass is 16.5. The number of phenols is 2. The second-order valence-electron chi connectivity index (χ2n) is 8.78. The number of rotatable bonds is 17. The fourth-order valence-corrected chi connectivity index (χ4v) is 3.65. The summed E-state index contributed by atoms with van der Waals surface area (Å²) in [5, 5.41) is 27.1. The first kappa shape index (κ1) is 30.1. The summed E-state index contributed by atoms with van der Waals surface area (Å²) in [6, 6.07) is 9.64. The van der Waals surface area contributed by atoms with E-state index in [1.165, 1.54) is 38.8 Å². The molecule has 0 spiro atoms. The van der Waals surface area contributed by atoms with Gasteiger partial charge in [0.25, 0.3) is 0 Å². The number of ether oxygens (including phenoxy) is 2. The molecule has 38 heavy (non-hydrogen) atoms. The number of nitrogens with one attached hydrogen (secondary N) is 2. The lowest BCUT2D eigenvalue weighted by atomic mass is 10.1. The summed E-state index contributed by atoms with van der Waals surface area (Å²) < 4.78 is 10.1. The van der Waals surface area contributed by atoms with E-state index in [2.05, 4.69) is 21.1 Å². The van der Waals surface area contributed by atoms with Crippen LogP contribution in [-0.4, -0.2) is 48.7 Å². The second kappa shape index (κ2) is 17.4. The van der Waals surface area contributed by atoms with E-state index in [1.807, 2.05) is 0 Å². The van der Waals surface area contributed by atoms with Gasteiger partial charge in [0.2, 0.25) is 11.8 Å². The fourth-order valence-electron chi connectivity index (χ4n) is 3.65. The van der Waals surface area contributed by atoms with Gasteiger partial charge in [-0.1, -0.05) is 38.5 Å². The van der Waals surface area contributed by atoms with E-state index in [1.54, 1.807) is 24.3 Å². The molecular formula is C28H38N4O6. The lowest BCUT2D eigenvalue weighted by Gasteiger charge is -2.04. The Kier molecular flexibility index (Phi) is 13.8. The number of hydrogen-bond donors (Lipinski definition) is 4. The summed E-state index contributed by atoms with van der Waals surface area (Å²) >= 11 is 0. The van der Waals surface area contributed by atoms with Crippen LogP contribution in [0.25, 0.3) is 0 Å². The molecule has 0 aliphatic heterocycles. The van der Waals surface area contributed by atoms with Crippen LogP contribution in [0.5, 0.6) is 23.0 Å². The topological polar surface area (TPSA) is 142 Å². The molecule has 0 saturated heterocycles. The van der Waals surface area contributed by atoms with Crippen molar-refractivity contribution in [2.45, 2.75) is 64.2 Å². The summed E-state index contributed by atoms with van der Waals surface area (Å²) in [7, 11) is 2.94. The van der Waals surface area contributed by atoms with Crippen molar-refractivity contribution in [1.82, 2.24) is 10.9 Å². The number of amides is 2. The van der Waals surface area contributed by atoms with Crippen LogP contribution in [0.4, 0.5) is 0 Å². The number of hydrogen-bond acceptors (Lipinski definition) is 8. The molecule has 0 saturated carbocycles. The number of aromatic hydroxyl groups is 2. The number of methoxy groups -OCH3 is 2. The Morgan fingerprint density at radius 2 is 1.05 bits per heavy atom. The van der Waals surface area contributed by atoms with Crippen molar-refractivity contribution in [2.24, 2.45) is 10.2 Å². The van der Waals surface area contributed by atoms with Crippen molar-refractivity contribution in [3.8, 4) is 23.0 Å². The first-order valence-corrected chi connectivity index (χ1v) is 12.8. The molecule has 206 valence electrons. The maximum absolute atomic E-state index is 11.9. The molecule has 0 radical (unpaired) electrons. The summed E-state index contributed by atoms with van der Waals surface area (Å²) in [4.78, 5) is 23.8. The zero-order chi connectivity index (χ0) is 27.6. The molecule has 10 heteroatoms. The van der Waals surface area contributed by atoms with Crippen molar-refractivity contribution >= 4 is 24.2 Å². The normalized spacial score (nSPS) is 11.1. The van der Waals surface area contributed by atoms with Crippen LogP contribution in [0, 0.1) is 0 Å². The molecule has 0 unspecified atom stereocenters. The Hall–Kier alpha value is -4.08. The zero-order valence-corrected chi connectivity index (χ0v) is 22.1. The second-order valence-corrected chi connectivity index (χ2v) is 8.78. The van der Waals surface area contributed by atoms with Crippen molar-refractivity contribution < 1.29 is 29.3 Å². The van der Waals surface area contributed by atoms with Gasteiger partial charge in [-0.2, -0.15) is 10.2 Å². The Morgan fingerprint density at radius 3 is 1.42 bits per heavy atom. The molecule has 2 aromatic rings. The molecule has 2 amide bonds. The number of carbonyl (C=O) groups excluding carboxylic acids is 2. The van der Waals surface area contributed by atoms with Gasteiger partial charge in [0.1, 0.15) is 0 Å². The van der Waals surface area contributed by atoms with E-state index in [4.69, 9.17) is 9.47 Å². The molecule has 0 heterocycles. The van der Waals surface area contributed by atoms with E-state index in [-0.39, 0.29) is 23.3 Å². The highest BCUT2D eigenvalue weighted by molar-refractivity contribution is 5.84.